The predicted molar refractivity (Wildman–Crippen MR) is 119 cm³/mol. The first-order valence-electron chi connectivity index (χ1n) is 10.8. The third kappa shape index (κ3) is 6.12. The zero-order valence-electron chi connectivity index (χ0n) is 18.0. The molecule has 1 atom stereocenters. The van der Waals surface area contributed by atoms with Gasteiger partial charge in [-0.05, 0) is 31.7 Å². The van der Waals surface area contributed by atoms with Gasteiger partial charge in [0.2, 0.25) is 5.88 Å². The predicted octanol–water partition coefficient (Wildman–Crippen LogP) is 4.25. The number of pyridine rings is 1. The molecule has 0 unspecified atom stereocenters. The van der Waals surface area contributed by atoms with Gasteiger partial charge in [0.05, 0.1) is 55.1 Å². The van der Waals surface area contributed by atoms with Crippen molar-refractivity contribution in [3.05, 3.63) is 44.9 Å². The van der Waals surface area contributed by atoms with Gasteiger partial charge >= 0.3 is 6.36 Å². The van der Waals surface area contributed by atoms with Gasteiger partial charge < -0.3 is 19.1 Å². The van der Waals surface area contributed by atoms with E-state index in [0.717, 1.165) is 0 Å². The van der Waals surface area contributed by atoms with Gasteiger partial charge in [-0.15, -0.1) is 13.2 Å². The number of hydrogen-bond acceptors (Lipinski definition) is 7. The Bertz CT molecular complexity index is 1020. The van der Waals surface area contributed by atoms with E-state index < -0.39 is 17.8 Å². The zero-order valence-corrected chi connectivity index (χ0v) is 19.5. The lowest BCUT2D eigenvalue weighted by Gasteiger charge is -2.40. The highest BCUT2D eigenvalue weighted by Gasteiger charge is 2.33. The summed E-state index contributed by atoms with van der Waals surface area (Å²) in [4.78, 5) is 18.4. The van der Waals surface area contributed by atoms with E-state index >= 15 is 0 Å². The van der Waals surface area contributed by atoms with E-state index in [1.165, 1.54) is 23.1 Å². The van der Waals surface area contributed by atoms with E-state index in [1.807, 2.05) is 0 Å². The molecule has 1 saturated carbocycles. The Morgan fingerprint density at radius 2 is 1.91 bits per heavy atom. The molecule has 2 aromatic rings. The lowest BCUT2D eigenvalue weighted by atomic mass is 9.89. The minimum atomic E-state index is -4.81. The number of nitrogens with zero attached hydrogens (tertiary/aromatic N) is 4. The topological polar surface area (TPSA) is 78.7 Å². The maximum atomic E-state index is 12.5. The first-order valence-corrected chi connectivity index (χ1v) is 11.6. The van der Waals surface area contributed by atoms with Crippen LogP contribution in [0.4, 0.5) is 18.9 Å². The van der Waals surface area contributed by atoms with E-state index in [4.69, 9.17) is 32.7 Å². The lowest BCUT2D eigenvalue weighted by Crippen LogP contribution is -2.46. The Hall–Kier alpha value is -2.08. The van der Waals surface area contributed by atoms with Crippen LogP contribution in [-0.2, 0) is 9.47 Å². The van der Waals surface area contributed by atoms with E-state index in [2.05, 4.69) is 19.7 Å². The van der Waals surface area contributed by atoms with Gasteiger partial charge in [0.15, 0.2) is 0 Å². The van der Waals surface area contributed by atoms with Crippen molar-refractivity contribution in [1.29, 1.82) is 0 Å². The van der Waals surface area contributed by atoms with E-state index in [1.54, 1.807) is 6.07 Å². The second kappa shape index (κ2) is 10.7. The first kappa shape index (κ1) is 25.0. The number of halogens is 5. The van der Waals surface area contributed by atoms with Crippen molar-refractivity contribution < 1.29 is 27.4 Å². The van der Waals surface area contributed by atoms with Crippen molar-refractivity contribution in [3.8, 4) is 5.88 Å². The SMILES string of the molecule is O=c1c(Cl)c(Cl)cnn1[C@H]1CC[C@H](N(C[C@H]2COCCO2)c2ccc(OC(F)(F)F)nc2)CC1. The summed E-state index contributed by atoms with van der Waals surface area (Å²) in [6.45, 7) is 1.92. The van der Waals surface area contributed by atoms with Gasteiger partial charge in [0, 0.05) is 18.7 Å². The monoisotopic (exact) mass is 522 g/mol. The van der Waals surface area contributed by atoms with E-state index in [9.17, 15) is 18.0 Å². The highest BCUT2D eigenvalue weighted by molar-refractivity contribution is 6.41. The molecule has 1 aliphatic heterocycles. The minimum Gasteiger partial charge on any atom is -0.388 e. The van der Waals surface area contributed by atoms with Crippen LogP contribution in [0.25, 0.3) is 0 Å². The zero-order chi connectivity index (χ0) is 24.3. The number of aromatic nitrogens is 3. The highest BCUT2D eigenvalue weighted by atomic mass is 35.5. The van der Waals surface area contributed by atoms with Gasteiger partial charge in [-0.25, -0.2) is 9.67 Å². The van der Waals surface area contributed by atoms with Gasteiger partial charge in [-0.1, -0.05) is 23.2 Å². The molecule has 2 aromatic heterocycles. The Morgan fingerprint density at radius 1 is 1.15 bits per heavy atom. The molecule has 0 N–H and O–H groups in total. The largest absolute Gasteiger partial charge is 0.574 e. The first-order chi connectivity index (χ1) is 16.2. The molecule has 3 heterocycles. The second-order valence-corrected chi connectivity index (χ2v) is 8.93. The highest BCUT2D eigenvalue weighted by Crippen LogP contribution is 2.34. The second-order valence-electron chi connectivity index (χ2n) is 8.14. The Morgan fingerprint density at radius 3 is 2.53 bits per heavy atom. The Labute approximate surface area is 203 Å². The van der Waals surface area contributed by atoms with Gasteiger partial charge in [-0.2, -0.15) is 5.10 Å². The summed E-state index contributed by atoms with van der Waals surface area (Å²) in [7, 11) is 0. The molecule has 2 fully saturated rings. The van der Waals surface area contributed by atoms with Crippen LogP contribution in [-0.4, -0.2) is 59.6 Å². The molecular formula is C21H23Cl2F3N4O4. The fraction of sp³-hybridized carbons (Fsp3) is 0.571. The molecule has 186 valence electrons. The Balaban J connectivity index is 1.49. The molecule has 0 aromatic carbocycles. The van der Waals surface area contributed by atoms with Crippen LogP contribution in [0.1, 0.15) is 31.7 Å². The number of alkyl halides is 3. The standard InChI is InChI=1S/C21H23Cl2F3N4O4/c22-17-10-28-30(20(31)19(17)23)14-3-1-13(2-4-14)29(11-16-12-32-7-8-33-16)15-5-6-18(27-9-15)34-21(24,25)26/h5-6,9-10,13-14,16H,1-4,7-8,11-12H2/t13-,14-,16-/m0/s1. The quantitative estimate of drug-likeness (QED) is 0.561. The molecule has 2 aliphatic rings. The molecule has 0 bridgehead atoms. The van der Waals surface area contributed by atoms with Crippen molar-refractivity contribution in [3.63, 3.8) is 0 Å². The van der Waals surface area contributed by atoms with Gasteiger partial charge in [-0.3, -0.25) is 4.79 Å². The minimum absolute atomic E-state index is 0.0523. The molecule has 8 nitrogen and oxygen atoms in total. The Kier molecular flexibility index (Phi) is 7.86. The summed E-state index contributed by atoms with van der Waals surface area (Å²) in [6, 6.07) is 2.67. The summed E-state index contributed by atoms with van der Waals surface area (Å²) in [5, 5.41) is 4.20. The third-order valence-corrected chi connectivity index (χ3v) is 6.66. The summed E-state index contributed by atoms with van der Waals surface area (Å²) >= 11 is 11.9. The van der Waals surface area contributed by atoms with Crippen molar-refractivity contribution in [1.82, 2.24) is 14.8 Å². The van der Waals surface area contributed by atoms with Crippen molar-refractivity contribution >= 4 is 28.9 Å². The number of ether oxygens (including phenoxy) is 3. The summed E-state index contributed by atoms with van der Waals surface area (Å²) < 4.78 is 54.1. The number of rotatable bonds is 6. The van der Waals surface area contributed by atoms with Gasteiger partial charge in [0.1, 0.15) is 5.02 Å². The van der Waals surface area contributed by atoms with Crippen LogP contribution in [0.2, 0.25) is 10.0 Å². The van der Waals surface area contributed by atoms with E-state index in [0.29, 0.717) is 57.7 Å². The molecule has 34 heavy (non-hydrogen) atoms. The molecule has 13 heteroatoms. The van der Waals surface area contributed by atoms with Crippen LogP contribution < -0.4 is 15.2 Å². The molecule has 1 saturated heterocycles. The molecular weight excluding hydrogens is 500 g/mol. The van der Waals surface area contributed by atoms with Crippen LogP contribution in [0.5, 0.6) is 5.88 Å². The summed E-state index contributed by atoms with van der Waals surface area (Å²) in [5.41, 5.74) is 0.226. The fourth-order valence-electron chi connectivity index (χ4n) is 4.35. The van der Waals surface area contributed by atoms with Crippen molar-refractivity contribution in [2.75, 3.05) is 31.3 Å². The smallest absolute Gasteiger partial charge is 0.388 e. The maximum Gasteiger partial charge on any atom is 0.574 e. The maximum absolute atomic E-state index is 12.5. The third-order valence-electron chi connectivity index (χ3n) is 5.91. The fourth-order valence-corrected chi connectivity index (χ4v) is 4.61. The average Bonchev–Trinajstić information content (AvgIpc) is 2.82. The number of hydrogen-bond donors (Lipinski definition) is 0. The van der Waals surface area contributed by atoms with Crippen LogP contribution >= 0.6 is 23.2 Å². The molecule has 1 aliphatic carbocycles. The molecule has 0 radical (unpaired) electrons. The number of anilines is 1. The average molecular weight is 523 g/mol. The van der Waals surface area contributed by atoms with Crippen LogP contribution in [0.15, 0.2) is 29.3 Å². The normalized spacial score (nSPS) is 23.5. The van der Waals surface area contributed by atoms with Crippen molar-refractivity contribution in [2.24, 2.45) is 0 Å². The summed E-state index contributed by atoms with van der Waals surface area (Å²) in [5.74, 6) is -0.526. The van der Waals surface area contributed by atoms with Crippen molar-refractivity contribution in [2.45, 2.75) is 50.2 Å². The summed E-state index contributed by atoms with van der Waals surface area (Å²) in [6.07, 6.45) is 0.490. The van der Waals surface area contributed by atoms with E-state index in [-0.39, 0.29) is 28.2 Å². The van der Waals surface area contributed by atoms with Crippen LogP contribution in [0, 0.1) is 0 Å². The molecule has 4 rings (SSSR count). The lowest BCUT2D eigenvalue weighted by molar-refractivity contribution is -0.276. The molecule has 0 spiro atoms. The molecule has 0 amide bonds. The van der Waals surface area contributed by atoms with Crippen LogP contribution in [0.3, 0.4) is 0 Å². The van der Waals surface area contributed by atoms with Gasteiger partial charge in [0.25, 0.3) is 5.56 Å².